The van der Waals surface area contributed by atoms with Gasteiger partial charge in [-0.2, -0.15) is 0 Å². The maximum atomic E-state index is 11.6. The molecule has 0 aliphatic carbocycles. The summed E-state index contributed by atoms with van der Waals surface area (Å²) in [6.45, 7) is 3.11. The Labute approximate surface area is 156 Å². The molecule has 5 nitrogen and oxygen atoms in total. The van der Waals surface area contributed by atoms with Gasteiger partial charge in [-0.05, 0) is 37.5 Å². The van der Waals surface area contributed by atoms with Gasteiger partial charge in [-0.3, -0.25) is 0 Å². The first-order valence-electron chi connectivity index (χ1n) is 9.49. The van der Waals surface area contributed by atoms with Crippen LogP contribution in [0.3, 0.4) is 0 Å². The number of hydrogen-bond acceptors (Lipinski definition) is 5. The highest BCUT2D eigenvalue weighted by Crippen LogP contribution is 2.16. The molecule has 26 heavy (non-hydrogen) atoms. The molecular formula is C21H32O5. The first kappa shape index (κ1) is 22.2. The summed E-state index contributed by atoms with van der Waals surface area (Å²) in [6, 6.07) is 7.80. The molecule has 0 heterocycles. The Balaban J connectivity index is 2.31. The zero-order valence-electron chi connectivity index (χ0n) is 15.9. The Morgan fingerprint density at radius 1 is 1.08 bits per heavy atom. The van der Waals surface area contributed by atoms with Gasteiger partial charge in [-0.25, -0.2) is 4.79 Å². The molecule has 0 fully saturated rings. The van der Waals surface area contributed by atoms with Crippen LogP contribution in [-0.2, 0) is 16.0 Å². The van der Waals surface area contributed by atoms with E-state index in [1.54, 1.807) is 0 Å². The number of ether oxygens (including phenoxy) is 2. The van der Waals surface area contributed by atoms with E-state index in [-0.39, 0.29) is 5.57 Å². The van der Waals surface area contributed by atoms with Gasteiger partial charge < -0.3 is 19.7 Å². The van der Waals surface area contributed by atoms with Crippen molar-refractivity contribution in [1.82, 2.24) is 0 Å². The normalized spacial score (nSPS) is 12.7. The van der Waals surface area contributed by atoms with E-state index >= 15 is 0 Å². The van der Waals surface area contributed by atoms with Gasteiger partial charge in [0.25, 0.3) is 0 Å². The van der Waals surface area contributed by atoms with Crippen molar-refractivity contribution in [3.8, 4) is 5.75 Å². The van der Waals surface area contributed by atoms with E-state index in [9.17, 15) is 4.79 Å². The number of aliphatic hydroxyl groups is 2. The molecule has 2 N–H and O–H groups in total. The Hall–Kier alpha value is -1.85. The van der Waals surface area contributed by atoms with Crippen LogP contribution in [0.2, 0.25) is 0 Å². The molecule has 146 valence electrons. The Morgan fingerprint density at radius 3 is 2.31 bits per heavy atom. The van der Waals surface area contributed by atoms with Gasteiger partial charge in [0, 0.05) is 0 Å². The Bertz CT molecular complexity index is 536. The predicted molar refractivity (Wildman–Crippen MR) is 102 cm³/mol. The average molecular weight is 364 g/mol. The number of esters is 1. The molecule has 0 spiro atoms. The summed E-state index contributed by atoms with van der Waals surface area (Å²) < 4.78 is 10.0. The highest BCUT2D eigenvalue weighted by molar-refractivity contribution is 5.87. The number of unbranched alkanes of at least 4 members (excludes halogenated alkanes) is 6. The maximum Gasteiger partial charge on any atom is 0.339 e. The van der Waals surface area contributed by atoms with Crippen molar-refractivity contribution in [2.75, 3.05) is 6.61 Å². The molecule has 0 saturated carbocycles. The molecule has 0 aliphatic rings. The van der Waals surface area contributed by atoms with Crippen molar-refractivity contribution < 1.29 is 24.5 Å². The second kappa shape index (κ2) is 13.4. The fourth-order valence-electron chi connectivity index (χ4n) is 2.48. The number of aryl methyl sites for hydroxylation is 1. The fraction of sp³-hybridized carbons (Fsp3) is 0.571. The highest BCUT2D eigenvalue weighted by atomic mass is 16.6. The fourth-order valence-corrected chi connectivity index (χ4v) is 2.48. The molecule has 1 rings (SSSR count). The third kappa shape index (κ3) is 9.59. The standard InChI is InChI=1S/C21H32O5/c1-3-4-5-6-7-8-9-10-18-11-13-19(14-12-18)25-16-17(2)21(24)26-20(23)15-22/h11-14,16,20,22-23H,3-10,15H2,1-2H3/b17-16+. The van der Waals surface area contributed by atoms with Gasteiger partial charge in [0.2, 0.25) is 6.29 Å². The van der Waals surface area contributed by atoms with Crippen LogP contribution in [0.1, 0.15) is 64.4 Å². The van der Waals surface area contributed by atoms with Crippen LogP contribution in [0.25, 0.3) is 0 Å². The van der Waals surface area contributed by atoms with Crippen LogP contribution in [0, 0.1) is 0 Å². The minimum absolute atomic E-state index is 0.199. The molecule has 0 aliphatic heterocycles. The van der Waals surface area contributed by atoms with Gasteiger partial charge in [0.15, 0.2) is 0 Å². The van der Waals surface area contributed by atoms with Crippen molar-refractivity contribution in [3.63, 3.8) is 0 Å². The van der Waals surface area contributed by atoms with Crippen molar-refractivity contribution >= 4 is 5.97 Å². The Morgan fingerprint density at radius 2 is 1.69 bits per heavy atom. The number of carbonyl (C=O) groups excluding carboxylic acids is 1. The number of hydrogen-bond donors (Lipinski definition) is 2. The zero-order valence-corrected chi connectivity index (χ0v) is 15.9. The van der Waals surface area contributed by atoms with Crippen LogP contribution in [-0.4, -0.2) is 29.1 Å². The number of benzene rings is 1. The molecule has 0 amide bonds. The molecule has 0 bridgehead atoms. The summed E-state index contributed by atoms with van der Waals surface area (Å²) in [7, 11) is 0. The van der Waals surface area contributed by atoms with Crippen LogP contribution < -0.4 is 4.74 Å². The van der Waals surface area contributed by atoms with Gasteiger partial charge in [0.05, 0.1) is 5.57 Å². The third-order valence-corrected chi connectivity index (χ3v) is 4.09. The van der Waals surface area contributed by atoms with E-state index in [0.29, 0.717) is 5.75 Å². The molecular weight excluding hydrogens is 332 g/mol. The highest BCUT2D eigenvalue weighted by Gasteiger charge is 2.12. The maximum absolute atomic E-state index is 11.6. The van der Waals surface area contributed by atoms with E-state index in [1.165, 1.54) is 63.7 Å². The first-order chi connectivity index (χ1) is 12.6. The molecule has 0 saturated heterocycles. The number of aliphatic hydroxyl groups excluding tert-OH is 2. The smallest absolute Gasteiger partial charge is 0.339 e. The van der Waals surface area contributed by atoms with Crippen LogP contribution in [0.4, 0.5) is 0 Å². The van der Waals surface area contributed by atoms with Gasteiger partial charge in [-0.15, -0.1) is 0 Å². The third-order valence-electron chi connectivity index (χ3n) is 4.09. The van der Waals surface area contributed by atoms with Crippen LogP contribution in [0.15, 0.2) is 36.1 Å². The van der Waals surface area contributed by atoms with Crippen molar-refractivity contribution in [2.45, 2.75) is 71.5 Å². The minimum Gasteiger partial charge on any atom is -0.464 e. The summed E-state index contributed by atoms with van der Waals surface area (Å²) in [5.41, 5.74) is 1.47. The number of carbonyl (C=O) groups is 1. The molecule has 1 aromatic rings. The summed E-state index contributed by atoms with van der Waals surface area (Å²) in [5.74, 6) is -0.106. The van der Waals surface area contributed by atoms with Crippen LogP contribution in [0.5, 0.6) is 5.75 Å². The van der Waals surface area contributed by atoms with E-state index in [0.717, 1.165) is 6.42 Å². The second-order valence-electron chi connectivity index (χ2n) is 6.48. The van der Waals surface area contributed by atoms with E-state index < -0.39 is 18.9 Å². The lowest BCUT2D eigenvalue weighted by atomic mass is 10.0. The molecule has 1 atom stereocenters. The van der Waals surface area contributed by atoms with Crippen molar-refractivity contribution in [1.29, 1.82) is 0 Å². The van der Waals surface area contributed by atoms with E-state index in [2.05, 4.69) is 11.7 Å². The molecule has 5 heteroatoms. The average Bonchev–Trinajstić information content (AvgIpc) is 2.66. The number of rotatable bonds is 13. The molecule has 0 radical (unpaired) electrons. The zero-order chi connectivity index (χ0) is 19.2. The van der Waals surface area contributed by atoms with E-state index in [1.807, 2.05) is 24.3 Å². The molecule has 0 aromatic heterocycles. The first-order valence-corrected chi connectivity index (χ1v) is 9.49. The topological polar surface area (TPSA) is 76.0 Å². The molecule has 1 aromatic carbocycles. The van der Waals surface area contributed by atoms with Crippen molar-refractivity contribution in [3.05, 3.63) is 41.7 Å². The van der Waals surface area contributed by atoms with Gasteiger partial charge >= 0.3 is 5.97 Å². The van der Waals surface area contributed by atoms with E-state index in [4.69, 9.17) is 14.9 Å². The minimum atomic E-state index is -1.52. The largest absolute Gasteiger partial charge is 0.464 e. The van der Waals surface area contributed by atoms with Crippen LogP contribution >= 0.6 is 0 Å². The lowest BCUT2D eigenvalue weighted by molar-refractivity contribution is -0.168. The predicted octanol–water partition coefficient (Wildman–Crippen LogP) is 4.12. The summed E-state index contributed by atoms with van der Waals surface area (Å²) in [6.07, 6.45) is 9.92. The lowest BCUT2D eigenvalue weighted by Gasteiger charge is -2.09. The SMILES string of the molecule is CCCCCCCCCc1ccc(O/C=C(\C)C(=O)OC(O)CO)cc1. The Kier molecular flexibility index (Phi) is 11.4. The summed E-state index contributed by atoms with van der Waals surface area (Å²) in [5, 5.41) is 17.7. The lowest BCUT2D eigenvalue weighted by Crippen LogP contribution is -2.21. The quantitative estimate of drug-likeness (QED) is 0.181. The van der Waals surface area contributed by atoms with Gasteiger partial charge in [0.1, 0.15) is 18.6 Å². The monoisotopic (exact) mass is 364 g/mol. The summed E-state index contributed by atoms with van der Waals surface area (Å²) in [4.78, 5) is 11.6. The molecule has 1 unspecified atom stereocenters. The second-order valence-corrected chi connectivity index (χ2v) is 6.48. The van der Waals surface area contributed by atoms with Crippen molar-refractivity contribution in [2.24, 2.45) is 0 Å². The summed E-state index contributed by atoms with van der Waals surface area (Å²) >= 11 is 0. The van der Waals surface area contributed by atoms with Gasteiger partial charge in [-0.1, -0.05) is 57.6 Å².